The highest BCUT2D eigenvalue weighted by Gasteiger charge is 2.33. The molecule has 0 saturated heterocycles. The van der Waals surface area contributed by atoms with Crippen LogP contribution in [0.4, 0.5) is 0 Å². The molecule has 0 amide bonds. The van der Waals surface area contributed by atoms with Crippen molar-refractivity contribution in [2.75, 3.05) is 6.54 Å². The van der Waals surface area contributed by atoms with E-state index in [9.17, 15) is 14.5 Å². The van der Waals surface area contributed by atoms with Gasteiger partial charge in [0.25, 0.3) is 0 Å². The van der Waals surface area contributed by atoms with Crippen LogP contribution in [0.25, 0.3) is 17.1 Å². The number of benzene rings is 3. The van der Waals surface area contributed by atoms with Crippen LogP contribution >= 0.6 is 0 Å². The van der Waals surface area contributed by atoms with E-state index in [2.05, 4.69) is 16.9 Å². The Morgan fingerprint density at radius 1 is 1.26 bits per heavy atom. The zero-order valence-electron chi connectivity index (χ0n) is 21.6. The Labute approximate surface area is 224 Å². The van der Waals surface area contributed by atoms with Crippen molar-refractivity contribution in [1.29, 1.82) is 0 Å². The van der Waals surface area contributed by atoms with Gasteiger partial charge in [-0.2, -0.15) is 0 Å². The number of nitrogens with zero attached hydrogens (tertiary/aromatic N) is 4. The summed E-state index contributed by atoms with van der Waals surface area (Å²) in [4.78, 5) is 12.6. The molecule has 196 valence electrons. The van der Waals surface area contributed by atoms with Crippen molar-refractivity contribution in [3.05, 3.63) is 89.0 Å². The first-order chi connectivity index (χ1) is 18.2. The lowest BCUT2D eigenvalue weighted by Crippen LogP contribution is -2.35. The average Bonchev–Trinajstić information content (AvgIpc) is 3.22. The number of rotatable bonds is 7. The number of carboxylic acids is 1. The monoisotopic (exact) mass is 530 g/mol. The Morgan fingerprint density at radius 2 is 2.05 bits per heavy atom. The molecule has 3 atom stereocenters. The van der Waals surface area contributed by atoms with E-state index in [4.69, 9.17) is 4.74 Å². The zero-order chi connectivity index (χ0) is 27.0. The van der Waals surface area contributed by atoms with Crippen LogP contribution < -0.4 is 4.74 Å². The minimum atomic E-state index is -1.39. The summed E-state index contributed by atoms with van der Waals surface area (Å²) in [6, 6.07) is 17.3. The molecule has 38 heavy (non-hydrogen) atoms. The molecule has 3 unspecified atom stereocenters. The van der Waals surface area contributed by atoms with Crippen LogP contribution in [0.5, 0.6) is 5.75 Å². The van der Waals surface area contributed by atoms with Crippen molar-refractivity contribution in [1.82, 2.24) is 19.3 Å². The van der Waals surface area contributed by atoms with Gasteiger partial charge in [-0.1, -0.05) is 48.2 Å². The van der Waals surface area contributed by atoms with Gasteiger partial charge in [-0.05, 0) is 60.4 Å². The Hall–Kier alpha value is -3.66. The lowest BCUT2D eigenvalue weighted by Gasteiger charge is -2.24. The number of carbonyl (C=O) groups is 1. The number of aromatic nitrogens is 3. The van der Waals surface area contributed by atoms with E-state index in [1.54, 1.807) is 10.8 Å². The van der Waals surface area contributed by atoms with Gasteiger partial charge in [0.05, 0.1) is 36.4 Å². The number of carboxylic acid groups (broad SMARTS) is 1. The molecule has 0 fully saturated rings. The van der Waals surface area contributed by atoms with Crippen LogP contribution in [0.1, 0.15) is 47.1 Å². The molecule has 0 radical (unpaired) electrons. The highest BCUT2D eigenvalue weighted by molar-refractivity contribution is 7.89. The second-order valence-corrected chi connectivity index (χ2v) is 11.1. The number of hydrogen-bond donors (Lipinski definition) is 1. The van der Waals surface area contributed by atoms with Crippen molar-refractivity contribution in [3.8, 4) is 5.75 Å². The molecule has 4 aromatic rings. The first kappa shape index (κ1) is 26.0. The van der Waals surface area contributed by atoms with Crippen LogP contribution in [0.2, 0.25) is 0 Å². The van der Waals surface area contributed by atoms with Crippen molar-refractivity contribution < 1.29 is 19.2 Å². The molecule has 1 N–H and O–H groups in total. The molecule has 0 bridgehead atoms. The van der Waals surface area contributed by atoms with Crippen LogP contribution in [-0.2, 0) is 29.7 Å². The summed E-state index contributed by atoms with van der Waals surface area (Å²) in [5.74, 6) is -0.660. The van der Waals surface area contributed by atoms with E-state index >= 15 is 0 Å². The fourth-order valence-corrected chi connectivity index (χ4v) is 6.41. The number of ether oxygens (including phenoxy) is 1. The summed E-state index contributed by atoms with van der Waals surface area (Å²) >= 11 is -1.39. The van der Waals surface area contributed by atoms with Crippen LogP contribution in [-0.4, -0.2) is 47.6 Å². The molecule has 0 aliphatic carbocycles. The first-order valence-corrected chi connectivity index (χ1v) is 13.5. The normalized spacial score (nSPS) is 18.4. The SMILES string of the molecule is C=Cc1cc(C(CC(=O)O)c2ccc(C)c(CN3CC(C)Oc4ccccc4[S+]3[O-])c2)cc2nnn(C)c12. The quantitative estimate of drug-likeness (QED) is 0.341. The molecular formula is C29H30N4O4S. The van der Waals surface area contributed by atoms with Crippen LogP contribution in [0, 0.1) is 6.92 Å². The molecule has 3 aromatic carbocycles. The molecule has 1 aliphatic heterocycles. The topological polar surface area (TPSA) is 104 Å². The maximum Gasteiger partial charge on any atom is 0.304 e. The number of fused-ring (bicyclic) bond motifs is 2. The van der Waals surface area contributed by atoms with Crippen molar-refractivity contribution >= 4 is 34.4 Å². The molecule has 0 spiro atoms. The Kier molecular flexibility index (Phi) is 7.25. The van der Waals surface area contributed by atoms with Gasteiger partial charge in [-0.15, -0.1) is 9.40 Å². The summed E-state index contributed by atoms with van der Waals surface area (Å²) in [7, 11) is 1.82. The van der Waals surface area contributed by atoms with Crippen LogP contribution in [0.15, 0.2) is 66.1 Å². The van der Waals surface area contributed by atoms with Gasteiger partial charge in [0.15, 0.2) is 5.75 Å². The molecule has 1 aromatic heterocycles. The molecule has 1 aliphatic rings. The van der Waals surface area contributed by atoms with Crippen molar-refractivity contribution in [2.45, 2.75) is 43.7 Å². The smallest absolute Gasteiger partial charge is 0.304 e. The third kappa shape index (κ3) is 5.05. The van der Waals surface area contributed by atoms with E-state index in [0.29, 0.717) is 29.3 Å². The van der Waals surface area contributed by atoms with E-state index in [0.717, 1.165) is 33.3 Å². The standard InChI is InChI=1S/C29H30N4O4S/c1-5-20-12-22(14-25-29(20)32(4)31-30-25)24(15-28(34)35)21-11-10-18(2)23(13-21)17-33-16-19(3)37-26-8-6-7-9-27(26)38(33)36/h5-14,19,24H,1,15-17H2,2-4H3,(H,34,35). The molecule has 2 heterocycles. The first-order valence-electron chi connectivity index (χ1n) is 12.4. The van der Waals surface area contributed by atoms with Gasteiger partial charge in [-0.25, -0.2) is 4.68 Å². The summed E-state index contributed by atoms with van der Waals surface area (Å²) in [5, 5.41) is 18.2. The summed E-state index contributed by atoms with van der Waals surface area (Å²) < 4.78 is 23.2. The van der Waals surface area contributed by atoms with Crippen LogP contribution in [0.3, 0.4) is 0 Å². The largest absolute Gasteiger partial charge is 0.593 e. The molecule has 0 saturated carbocycles. The second-order valence-electron chi connectivity index (χ2n) is 9.68. The minimum Gasteiger partial charge on any atom is -0.593 e. The van der Waals surface area contributed by atoms with E-state index < -0.39 is 23.2 Å². The fourth-order valence-electron chi connectivity index (χ4n) is 5.04. The predicted octanol–water partition coefficient (Wildman–Crippen LogP) is 4.83. The van der Waals surface area contributed by atoms with E-state index in [-0.39, 0.29) is 12.5 Å². The predicted molar refractivity (Wildman–Crippen MR) is 147 cm³/mol. The highest BCUT2D eigenvalue weighted by Crippen LogP contribution is 2.35. The molecule has 9 heteroatoms. The number of hydrogen-bond acceptors (Lipinski definition) is 6. The number of para-hydroxylation sites is 1. The Bertz CT molecular complexity index is 1520. The minimum absolute atomic E-state index is 0.0846. The summed E-state index contributed by atoms with van der Waals surface area (Å²) in [5.41, 5.74) is 6.12. The van der Waals surface area contributed by atoms with E-state index in [1.165, 1.54) is 0 Å². The average molecular weight is 531 g/mol. The van der Waals surface area contributed by atoms with Gasteiger partial charge < -0.3 is 14.4 Å². The maximum atomic E-state index is 13.5. The number of aryl methyl sites for hydroxylation is 2. The lowest BCUT2D eigenvalue weighted by molar-refractivity contribution is -0.137. The van der Waals surface area contributed by atoms with Gasteiger partial charge in [0.2, 0.25) is 4.90 Å². The van der Waals surface area contributed by atoms with Gasteiger partial charge >= 0.3 is 5.97 Å². The molecule has 8 nitrogen and oxygen atoms in total. The van der Waals surface area contributed by atoms with E-state index in [1.807, 2.05) is 79.8 Å². The van der Waals surface area contributed by atoms with Gasteiger partial charge in [0.1, 0.15) is 11.6 Å². The van der Waals surface area contributed by atoms with Crippen molar-refractivity contribution in [2.24, 2.45) is 7.05 Å². The van der Waals surface area contributed by atoms with Crippen molar-refractivity contribution in [3.63, 3.8) is 0 Å². The second kappa shape index (κ2) is 10.6. The fraction of sp³-hybridized carbons (Fsp3) is 0.276. The highest BCUT2D eigenvalue weighted by atomic mass is 32.2. The number of aliphatic carboxylic acids is 1. The maximum absolute atomic E-state index is 13.5. The van der Waals surface area contributed by atoms with Gasteiger partial charge in [0, 0.05) is 18.5 Å². The molecule has 5 rings (SSSR count). The Morgan fingerprint density at radius 3 is 2.82 bits per heavy atom. The van der Waals surface area contributed by atoms with Gasteiger partial charge in [-0.3, -0.25) is 4.79 Å². The Balaban J connectivity index is 1.53. The lowest BCUT2D eigenvalue weighted by atomic mass is 9.86. The summed E-state index contributed by atoms with van der Waals surface area (Å²) in [6.07, 6.45) is 1.52. The third-order valence-electron chi connectivity index (χ3n) is 6.94. The summed E-state index contributed by atoms with van der Waals surface area (Å²) in [6.45, 7) is 8.85. The molecular weight excluding hydrogens is 500 g/mol. The third-order valence-corrected chi connectivity index (χ3v) is 8.40. The zero-order valence-corrected chi connectivity index (χ0v) is 22.4.